The highest BCUT2D eigenvalue weighted by atomic mass is 16.2. The van der Waals surface area contributed by atoms with E-state index in [4.69, 9.17) is 0 Å². The van der Waals surface area contributed by atoms with Gasteiger partial charge in [-0.3, -0.25) is 9.69 Å². The summed E-state index contributed by atoms with van der Waals surface area (Å²) in [6, 6.07) is 21.6. The fraction of sp³-hybridized carbons (Fsp3) is 0.250. The number of benzene rings is 3. The molecule has 0 unspecified atom stereocenters. The molecule has 0 saturated carbocycles. The van der Waals surface area contributed by atoms with E-state index >= 15 is 0 Å². The van der Waals surface area contributed by atoms with E-state index in [9.17, 15) is 9.59 Å². The summed E-state index contributed by atoms with van der Waals surface area (Å²) < 4.78 is 0. The molecule has 0 atom stereocenters. The fourth-order valence-electron chi connectivity index (χ4n) is 3.68. The predicted molar refractivity (Wildman–Crippen MR) is 121 cm³/mol. The standard InChI is InChI=1S/C24H26N4O2/c1-18-9-11-20(12-10-18)25-23(29)17-27-13-15-28(16-14-27)24(30)26-22-8-4-6-19-5-2-3-7-21(19)22/h2-12H,13-17H2,1H3,(H,25,29)(H,26,30). The van der Waals surface area contributed by atoms with E-state index in [1.165, 1.54) is 0 Å². The van der Waals surface area contributed by atoms with Crippen LogP contribution in [0.15, 0.2) is 66.7 Å². The van der Waals surface area contributed by atoms with Crippen LogP contribution in [0.1, 0.15) is 5.56 Å². The SMILES string of the molecule is Cc1ccc(NC(=O)CN2CCN(C(=O)Nc3cccc4ccccc34)CC2)cc1. The molecule has 2 N–H and O–H groups in total. The summed E-state index contributed by atoms with van der Waals surface area (Å²) >= 11 is 0. The summed E-state index contributed by atoms with van der Waals surface area (Å²) in [4.78, 5) is 28.9. The summed E-state index contributed by atoms with van der Waals surface area (Å²) in [5, 5.41) is 8.09. The number of aryl methyl sites for hydroxylation is 1. The molecule has 3 amide bonds. The largest absolute Gasteiger partial charge is 0.325 e. The first-order valence-electron chi connectivity index (χ1n) is 10.2. The lowest BCUT2D eigenvalue weighted by Gasteiger charge is -2.34. The number of nitrogens with one attached hydrogen (secondary N) is 2. The molecule has 0 radical (unpaired) electrons. The van der Waals surface area contributed by atoms with Gasteiger partial charge < -0.3 is 15.5 Å². The van der Waals surface area contributed by atoms with Crippen molar-refractivity contribution in [2.75, 3.05) is 43.4 Å². The van der Waals surface area contributed by atoms with Gasteiger partial charge in [-0.05, 0) is 30.5 Å². The van der Waals surface area contributed by atoms with Crippen LogP contribution in [0, 0.1) is 6.92 Å². The van der Waals surface area contributed by atoms with Crippen molar-refractivity contribution in [2.45, 2.75) is 6.92 Å². The molecule has 3 aromatic rings. The lowest BCUT2D eigenvalue weighted by molar-refractivity contribution is -0.117. The van der Waals surface area contributed by atoms with Gasteiger partial charge in [0, 0.05) is 37.3 Å². The molecule has 4 rings (SSSR count). The van der Waals surface area contributed by atoms with Crippen LogP contribution in [0.3, 0.4) is 0 Å². The zero-order valence-corrected chi connectivity index (χ0v) is 17.1. The molecule has 1 heterocycles. The fourth-order valence-corrected chi connectivity index (χ4v) is 3.68. The first kappa shape index (κ1) is 19.9. The maximum absolute atomic E-state index is 12.7. The molecular weight excluding hydrogens is 376 g/mol. The van der Waals surface area contributed by atoms with Crippen molar-refractivity contribution in [1.82, 2.24) is 9.80 Å². The Morgan fingerprint density at radius 1 is 0.833 bits per heavy atom. The van der Waals surface area contributed by atoms with E-state index in [2.05, 4.69) is 15.5 Å². The van der Waals surface area contributed by atoms with E-state index < -0.39 is 0 Å². The van der Waals surface area contributed by atoms with Crippen molar-refractivity contribution >= 4 is 34.1 Å². The summed E-state index contributed by atoms with van der Waals surface area (Å²) in [5.41, 5.74) is 2.78. The third-order valence-electron chi connectivity index (χ3n) is 5.39. The quantitative estimate of drug-likeness (QED) is 0.695. The Kier molecular flexibility index (Phi) is 5.95. The van der Waals surface area contributed by atoms with E-state index in [0.29, 0.717) is 32.7 Å². The van der Waals surface area contributed by atoms with Gasteiger partial charge in [-0.1, -0.05) is 54.1 Å². The van der Waals surface area contributed by atoms with Gasteiger partial charge in [-0.25, -0.2) is 4.79 Å². The monoisotopic (exact) mass is 402 g/mol. The van der Waals surface area contributed by atoms with Gasteiger partial charge >= 0.3 is 6.03 Å². The van der Waals surface area contributed by atoms with E-state index in [1.807, 2.05) is 73.7 Å². The molecule has 154 valence electrons. The molecule has 6 nitrogen and oxygen atoms in total. The average Bonchev–Trinajstić information content (AvgIpc) is 2.76. The topological polar surface area (TPSA) is 64.7 Å². The summed E-state index contributed by atoms with van der Waals surface area (Å²) in [6.45, 7) is 4.87. The van der Waals surface area contributed by atoms with E-state index in [-0.39, 0.29) is 11.9 Å². The third kappa shape index (κ3) is 4.78. The molecule has 1 aliphatic heterocycles. The van der Waals surface area contributed by atoms with Crippen LogP contribution in [0.2, 0.25) is 0 Å². The van der Waals surface area contributed by atoms with Gasteiger partial charge in [0.15, 0.2) is 0 Å². The van der Waals surface area contributed by atoms with Crippen molar-refractivity contribution in [3.8, 4) is 0 Å². The van der Waals surface area contributed by atoms with Crippen LogP contribution in [-0.2, 0) is 4.79 Å². The second kappa shape index (κ2) is 8.97. The maximum atomic E-state index is 12.7. The van der Waals surface area contributed by atoms with Crippen LogP contribution in [0.25, 0.3) is 10.8 Å². The van der Waals surface area contributed by atoms with Crippen LogP contribution >= 0.6 is 0 Å². The average molecular weight is 402 g/mol. The third-order valence-corrected chi connectivity index (χ3v) is 5.39. The number of rotatable bonds is 4. The van der Waals surface area contributed by atoms with Crippen LogP contribution in [0.5, 0.6) is 0 Å². The van der Waals surface area contributed by atoms with Crippen molar-refractivity contribution in [2.24, 2.45) is 0 Å². The zero-order chi connectivity index (χ0) is 20.9. The number of hydrogen-bond donors (Lipinski definition) is 2. The Balaban J connectivity index is 1.28. The summed E-state index contributed by atoms with van der Waals surface area (Å²) in [6.07, 6.45) is 0. The molecule has 6 heteroatoms. The maximum Gasteiger partial charge on any atom is 0.321 e. The number of nitrogens with zero attached hydrogens (tertiary/aromatic N) is 2. The molecule has 1 aliphatic rings. The summed E-state index contributed by atoms with van der Waals surface area (Å²) in [5.74, 6) is -0.0347. The van der Waals surface area contributed by atoms with Gasteiger partial charge in [0.05, 0.1) is 12.2 Å². The number of hydrogen-bond acceptors (Lipinski definition) is 3. The van der Waals surface area contributed by atoms with Gasteiger partial charge in [-0.2, -0.15) is 0 Å². The Morgan fingerprint density at radius 3 is 2.30 bits per heavy atom. The highest BCUT2D eigenvalue weighted by Gasteiger charge is 2.22. The Bertz CT molecular complexity index is 1040. The first-order chi connectivity index (χ1) is 14.6. The number of amides is 3. The first-order valence-corrected chi connectivity index (χ1v) is 10.2. The van der Waals surface area contributed by atoms with Crippen LogP contribution < -0.4 is 10.6 Å². The number of carbonyl (C=O) groups excluding carboxylic acids is 2. The molecule has 30 heavy (non-hydrogen) atoms. The molecule has 1 saturated heterocycles. The van der Waals surface area contributed by atoms with Crippen LogP contribution in [-0.4, -0.2) is 54.5 Å². The minimum atomic E-state index is -0.102. The smallest absolute Gasteiger partial charge is 0.321 e. The predicted octanol–water partition coefficient (Wildman–Crippen LogP) is 3.94. The molecule has 3 aromatic carbocycles. The number of piperazine rings is 1. The molecule has 1 fully saturated rings. The van der Waals surface area contributed by atoms with Gasteiger partial charge in [-0.15, -0.1) is 0 Å². The second-order valence-corrected chi connectivity index (χ2v) is 7.63. The normalized spacial score (nSPS) is 14.5. The highest BCUT2D eigenvalue weighted by molar-refractivity contribution is 6.01. The summed E-state index contributed by atoms with van der Waals surface area (Å²) in [7, 11) is 0. The van der Waals surface area contributed by atoms with Gasteiger partial charge in [0.1, 0.15) is 0 Å². The van der Waals surface area contributed by atoms with E-state index in [0.717, 1.165) is 27.7 Å². The number of fused-ring (bicyclic) bond motifs is 1. The van der Waals surface area contributed by atoms with Gasteiger partial charge in [0.2, 0.25) is 5.91 Å². The molecule has 0 spiro atoms. The van der Waals surface area contributed by atoms with Gasteiger partial charge in [0.25, 0.3) is 0 Å². The second-order valence-electron chi connectivity index (χ2n) is 7.63. The number of carbonyl (C=O) groups is 2. The molecule has 0 bridgehead atoms. The van der Waals surface area contributed by atoms with Crippen molar-refractivity contribution in [3.05, 3.63) is 72.3 Å². The molecule has 0 aromatic heterocycles. The lowest BCUT2D eigenvalue weighted by Crippen LogP contribution is -2.51. The number of urea groups is 1. The highest BCUT2D eigenvalue weighted by Crippen LogP contribution is 2.23. The molecule has 0 aliphatic carbocycles. The Labute approximate surface area is 176 Å². The van der Waals surface area contributed by atoms with E-state index in [1.54, 1.807) is 4.90 Å². The molecular formula is C24H26N4O2. The number of anilines is 2. The Morgan fingerprint density at radius 2 is 1.53 bits per heavy atom. The van der Waals surface area contributed by atoms with Crippen molar-refractivity contribution in [1.29, 1.82) is 0 Å². The van der Waals surface area contributed by atoms with Crippen LogP contribution in [0.4, 0.5) is 16.2 Å². The van der Waals surface area contributed by atoms with Crippen molar-refractivity contribution in [3.63, 3.8) is 0 Å². The minimum absolute atomic E-state index is 0.0347. The lowest BCUT2D eigenvalue weighted by atomic mass is 10.1. The zero-order valence-electron chi connectivity index (χ0n) is 17.1. The Hall–Kier alpha value is -3.38. The minimum Gasteiger partial charge on any atom is -0.325 e. The van der Waals surface area contributed by atoms with Crippen molar-refractivity contribution < 1.29 is 9.59 Å².